The smallest absolute Gasteiger partial charge is 0.286 e. The maximum atomic E-state index is 11.4. The predicted octanol–water partition coefficient (Wildman–Crippen LogP) is 2.22. The maximum absolute atomic E-state index is 11.4. The van der Waals surface area contributed by atoms with Crippen molar-refractivity contribution in [2.24, 2.45) is 5.73 Å². The van der Waals surface area contributed by atoms with Crippen LogP contribution in [0, 0.1) is 0 Å². The van der Waals surface area contributed by atoms with E-state index in [1.165, 1.54) is 17.3 Å². The lowest BCUT2D eigenvalue weighted by molar-refractivity contribution is -0.118. The summed E-state index contributed by atoms with van der Waals surface area (Å²) in [6.45, 7) is 0.182. The summed E-state index contributed by atoms with van der Waals surface area (Å²) in [5.74, 6) is 0.342. The number of pyridine rings is 1. The minimum Gasteiger partial charge on any atom is -0.489 e. The molecular weight excluding hydrogens is 422 g/mol. The van der Waals surface area contributed by atoms with Gasteiger partial charge in [-0.05, 0) is 0 Å². The molecule has 3 aromatic rings. The number of aromatic nitrogens is 3. The molecule has 0 bridgehead atoms. The van der Waals surface area contributed by atoms with E-state index in [1.54, 1.807) is 13.1 Å². The first-order valence-corrected chi connectivity index (χ1v) is 9.65. The molecule has 0 unspecified atom stereocenters. The largest absolute Gasteiger partial charge is 0.489 e. The van der Waals surface area contributed by atoms with Crippen LogP contribution in [0.2, 0.25) is 5.02 Å². The molecule has 3 N–H and O–H groups in total. The van der Waals surface area contributed by atoms with Crippen molar-refractivity contribution in [1.29, 1.82) is 0 Å². The fourth-order valence-electron chi connectivity index (χ4n) is 2.79. The monoisotopic (exact) mass is 441 g/mol. The summed E-state index contributed by atoms with van der Waals surface area (Å²) in [6.07, 6.45) is 3.28. The number of anilines is 1. The standard InChI is InChI=1S/C12H11N3O2.C9H9ClN2O2/c13-11(17)12-14-6-9(7-16)10(15-12)8-4-2-1-3-5-8;1-12-8(13)2-3-14-7-4-6(10)5-11-9(7)12/h1-6,16H,7H2,(H2,13,17);4-5H,2-3H2,1H3. The summed E-state index contributed by atoms with van der Waals surface area (Å²) in [5, 5.41) is 9.72. The Kier molecular flexibility index (Phi) is 7.11. The molecule has 1 aliphatic rings. The number of fused-ring (bicyclic) bond motifs is 1. The number of carbonyl (C=O) groups excluding carboxylic acids is 2. The number of halogens is 1. The van der Waals surface area contributed by atoms with Crippen molar-refractivity contribution in [2.45, 2.75) is 13.0 Å². The van der Waals surface area contributed by atoms with Crippen LogP contribution in [0.5, 0.6) is 5.75 Å². The van der Waals surface area contributed by atoms with Crippen LogP contribution >= 0.6 is 11.6 Å². The SMILES string of the molecule is CN1C(=O)CCOc2cc(Cl)cnc21.NC(=O)c1ncc(CO)c(-c2ccccc2)n1. The van der Waals surface area contributed by atoms with Crippen molar-refractivity contribution in [3.8, 4) is 17.0 Å². The molecule has 1 aromatic carbocycles. The number of aliphatic hydroxyl groups excluding tert-OH is 1. The van der Waals surface area contributed by atoms with Gasteiger partial charge in [-0.15, -0.1) is 0 Å². The lowest BCUT2D eigenvalue weighted by Gasteiger charge is -2.14. The Bertz CT molecular complexity index is 1090. The van der Waals surface area contributed by atoms with E-state index in [4.69, 9.17) is 22.1 Å². The Morgan fingerprint density at radius 3 is 2.68 bits per heavy atom. The summed E-state index contributed by atoms with van der Waals surface area (Å²) >= 11 is 5.77. The number of rotatable bonds is 3. The zero-order chi connectivity index (χ0) is 22.4. The molecule has 4 rings (SSSR count). The molecule has 0 atom stereocenters. The molecule has 0 saturated heterocycles. The summed E-state index contributed by atoms with van der Waals surface area (Å²) in [7, 11) is 1.68. The van der Waals surface area contributed by atoms with E-state index in [-0.39, 0.29) is 18.3 Å². The van der Waals surface area contributed by atoms with Crippen molar-refractivity contribution in [3.05, 3.63) is 65.2 Å². The van der Waals surface area contributed by atoms with Crippen LogP contribution in [0.15, 0.2) is 48.8 Å². The number of amides is 2. The van der Waals surface area contributed by atoms with Crippen molar-refractivity contribution in [2.75, 3.05) is 18.6 Å². The highest BCUT2D eigenvalue weighted by molar-refractivity contribution is 6.30. The van der Waals surface area contributed by atoms with E-state index >= 15 is 0 Å². The Labute approximate surface area is 183 Å². The van der Waals surface area contributed by atoms with E-state index in [0.29, 0.717) is 40.9 Å². The van der Waals surface area contributed by atoms with E-state index < -0.39 is 5.91 Å². The fraction of sp³-hybridized carbons (Fsp3) is 0.190. The van der Waals surface area contributed by atoms with Gasteiger partial charge in [0.2, 0.25) is 11.7 Å². The third kappa shape index (κ3) is 5.33. The van der Waals surface area contributed by atoms with Crippen LogP contribution in [0.3, 0.4) is 0 Å². The Morgan fingerprint density at radius 2 is 2.00 bits per heavy atom. The second-order valence-corrected chi connectivity index (χ2v) is 6.92. The van der Waals surface area contributed by atoms with Crippen LogP contribution < -0.4 is 15.4 Å². The molecule has 0 fully saturated rings. The number of hydrogen-bond acceptors (Lipinski definition) is 7. The molecule has 31 heavy (non-hydrogen) atoms. The molecule has 2 aromatic heterocycles. The Balaban J connectivity index is 0.000000179. The van der Waals surface area contributed by atoms with Gasteiger partial charge in [-0.2, -0.15) is 0 Å². The van der Waals surface area contributed by atoms with E-state index in [9.17, 15) is 14.7 Å². The number of benzene rings is 1. The maximum Gasteiger partial charge on any atom is 0.286 e. The molecule has 1 aliphatic heterocycles. The van der Waals surface area contributed by atoms with E-state index in [0.717, 1.165) is 5.56 Å². The van der Waals surface area contributed by atoms with E-state index in [1.807, 2.05) is 30.3 Å². The molecule has 0 spiro atoms. The molecular formula is C21H20ClN5O4. The van der Waals surface area contributed by atoms with Crippen molar-refractivity contribution >= 4 is 29.2 Å². The first-order valence-electron chi connectivity index (χ1n) is 9.27. The second kappa shape index (κ2) is 9.96. The zero-order valence-electron chi connectivity index (χ0n) is 16.7. The van der Waals surface area contributed by atoms with Gasteiger partial charge in [0, 0.05) is 36.6 Å². The molecule has 3 heterocycles. The molecule has 0 aliphatic carbocycles. The summed E-state index contributed by atoms with van der Waals surface area (Å²) in [4.78, 5) is 35.9. The number of carbonyl (C=O) groups is 2. The average molecular weight is 442 g/mol. The van der Waals surface area contributed by atoms with Crippen LogP contribution in [-0.4, -0.2) is 45.5 Å². The van der Waals surface area contributed by atoms with Gasteiger partial charge in [-0.25, -0.2) is 15.0 Å². The van der Waals surface area contributed by atoms with Crippen LogP contribution in [0.1, 0.15) is 22.6 Å². The molecule has 2 amide bonds. The molecule has 0 saturated carbocycles. The summed E-state index contributed by atoms with van der Waals surface area (Å²) < 4.78 is 5.36. The third-order valence-corrected chi connectivity index (χ3v) is 4.57. The number of ether oxygens (including phenoxy) is 1. The van der Waals surface area contributed by atoms with Gasteiger partial charge in [0.05, 0.1) is 30.4 Å². The predicted molar refractivity (Wildman–Crippen MR) is 115 cm³/mol. The van der Waals surface area contributed by atoms with Crippen molar-refractivity contribution < 1.29 is 19.4 Å². The van der Waals surface area contributed by atoms with Gasteiger partial charge in [0.25, 0.3) is 5.91 Å². The van der Waals surface area contributed by atoms with Gasteiger partial charge in [0.1, 0.15) is 0 Å². The third-order valence-electron chi connectivity index (χ3n) is 4.37. The Morgan fingerprint density at radius 1 is 1.26 bits per heavy atom. The minimum atomic E-state index is -0.688. The van der Waals surface area contributed by atoms with E-state index in [2.05, 4.69) is 15.0 Å². The lowest BCUT2D eigenvalue weighted by atomic mass is 10.1. The Hall–Kier alpha value is -3.56. The molecule has 0 radical (unpaired) electrons. The number of primary amides is 1. The van der Waals surface area contributed by atoms with Gasteiger partial charge in [0.15, 0.2) is 11.6 Å². The summed E-state index contributed by atoms with van der Waals surface area (Å²) in [5.41, 5.74) is 7.01. The first kappa shape index (κ1) is 22.1. The molecule has 9 nitrogen and oxygen atoms in total. The van der Waals surface area contributed by atoms with Gasteiger partial charge in [-0.3, -0.25) is 14.5 Å². The van der Waals surface area contributed by atoms with Gasteiger partial charge >= 0.3 is 0 Å². The van der Waals surface area contributed by atoms with Crippen LogP contribution in [0.4, 0.5) is 5.82 Å². The number of nitrogens with two attached hydrogens (primary N) is 1. The van der Waals surface area contributed by atoms with Crippen molar-refractivity contribution in [1.82, 2.24) is 15.0 Å². The van der Waals surface area contributed by atoms with Crippen molar-refractivity contribution in [3.63, 3.8) is 0 Å². The number of nitrogens with zero attached hydrogens (tertiary/aromatic N) is 4. The topological polar surface area (TPSA) is 132 Å². The van der Waals surface area contributed by atoms with Crippen LogP contribution in [0.25, 0.3) is 11.3 Å². The normalized spacial score (nSPS) is 12.7. The highest BCUT2D eigenvalue weighted by Crippen LogP contribution is 2.30. The zero-order valence-corrected chi connectivity index (χ0v) is 17.4. The highest BCUT2D eigenvalue weighted by atomic mass is 35.5. The molecule has 160 valence electrons. The number of hydrogen-bond donors (Lipinski definition) is 2. The average Bonchev–Trinajstić information content (AvgIpc) is 2.92. The fourth-order valence-corrected chi connectivity index (χ4v) is 2.94. The number of aliphatic hydroxyl groups is 1. The second-order valence-electron chi connectivity index (χ2n) is 6.48. The lowest BCUT2D eigenvalue weighted by Crippen LogP contribution is -2.25. The molecule has 10 heteroatoms. The van der Waals surface area contributed by atoms with Gasteiger partial charge < -0.3 is 15.6 Å². The first-order chi connectivity index (χ1) is 14.9. The highest BCUT2D eigenvalue weighted by Gasteiger charge is 2.21. The van der Waals surface area contributed by atoms with Gasteiger partial charge in [-0.1, -0.05) is 41.9 Å². The minimum absolute atomic E-state index is 0.00132. The summed E-state index contributed by atoms with van der Waals surface area (Å²) in [6, 6.07) is 10.9. The van der Waals surface area contributed by atoms with Crippen LogP contribution in [-0.2, 0) is 11.4 Å². The quantitative estimate of drug-likeness (QED) is 0.636.